The van der Waals surface area contributed by atoms with Crippen LogP contribution in [0.5, 0.6) is 0 Å². The van der Waals surface area contributed by atoms with E-state index < -0.39 is 10.0 Å². The molecule has 6 nitrogen and oxygen atoms in total. The van der Waals surface area contributed by atoms with Gasteiger partial charge in [-0.1, -0.05) is 53.5 Å². The number of halogens is 3. The summed E-state index contributed by atoms with van der Waals surface area (Å²) in [5.41, 5.74) is 1.83. The van der Waals surface area contributed by atoms with Gasteiger partial charge in [0.2, 0.25) is 15.9 Å². The summed E-state index contributed by atoms with van der Waals surface area (Å²) in [6.45, 7) is 1.79. The van der Waals surface area contributed by atoms with Gasteiger partial charge in [0.1, 0.15) is 10.7 Å². The summed E-state index contributed by atoms with van der Waals surface area (Å²) in [5.74, 6) is -0.590. The zero-order valence-electron chi connectivity index (χ0n) is 19.5. The first-order valence-corrected chi connectivity index (χ1v) is 13.7. The number of carbonyl (C=O) groups is 1. The van der Waals surface area contributed by atoms with Gasteiger partial charge < -0.3 is 9.80 Å². The summed E-state index contributed by atoms with van der Waals surface area (Å²) in [6.07, 6.45) is 0.434. The number of amides is 1. The number of rotatable bonds is 8. The third-order valence-corrected chi connectivity index (χ3v) is 8.70. The van der Waals surface area contributed by atoms with E-state index in [-0.39, 0.29) is 39.8 Å². The second-order valence-corrected chi connectivity index (χ2v) is 11.2. The lowest BCUT2D eigenvalue weighted by Gasteiger charge is -2.37. The van der Waals surface area contributed by atoms with E-state index in [9.17, 15) is 17.6 Å². The maximum atomic E-state index is 13.6. The van der Waals surface area contributed by atoms with E-state index in [1.54, 1.807) is 17.0 Å². The first-order valence-electron chi connectivity index (χ1n) is 11.5. The van der Waals surface area contributed by atoms with Crippen LogP contribution in [0.4, 0.5) is 10.1 Å². The predicted molar refractivity (Wildman–Crippen MR) is 141 cm³/mol. The van der Waals surface area contributed by atoms with Crippen molar-refractivity contribution in [2.45, 2.75) is 11.3 Å². The molecule has 0 N–H and O–H groups in total. The predicted octanol–water partition coefficient (Wildman–Crippen LogP) is 4.71. The molecular formula is C26H26Cl2FN3O3S. The van der Waals surface area contributed by atoms with Crippen LogP contribution in [0.15, 0.2) is 77.7 Å². The van der Waals surface area contributed by atoms with Crippen LogP contribution in [0.1, 0.15) is 5.56 Å². The lowest BCUT2D eigenvalue weighted by Crippen LogP contribution is -2.52. The van der Waals surface area contributed by atoms with E-state index in [4.69, 9.17) is 23.2 Å². The van der Waals surface area contributed by atoms with Crippen molar-refractivity contribution in [2.75, 3.05) is 44.2 Å². The normalized spacial score (nSPS) is 14.3. The molecule has 1 heterocycles. The Kier molecular flexibility index (Phi) is 8.51. The second-order valence-electron chi connectivity index (χ2n) is 8.49. The van der Waals surface area contributed by atoms with Crippen LogP contribution in [0.25, 0.3) is 0 Å². The molecule has 0 aliphatic carbocycles. The van der Waals surface area contributed by atoms with E-state index in [0.29, 0.717) is 32.6 Å². The van der Waals surface area contributed by atoms with Gasteiger partial charge in [0.15, 0.2) is 0 Å². The lowest BCUT2D eigenvalue weighted by atomic mass is 10.1. The Balaban J connectivity index is 1.49. The van der Waals surface area contributed by atoms with E-state index in [1.807, 2.05) is 30.3 Å². The monoisotopic (exact) mass is 549 g/mol. The number of carbonyl (C=O) groups excluding carboxylic acids is 1. The summed E-state index contributed by atoms with van der Waals surface area (Å²) >= 11 is 12.3. The Morgan fingerprint density at radius 1 is 0.917 bits per heavy atom. The van der Waals surface area contributed by atoms with Gasteiger partial charge in [0, 0.05) is 43.4 Å². The van der Waals surface area contributed by atoms with Crippen molar-refractivity contribution in [3.63, 3.8) is 0 Å². The molecule has 4 rings (SSSR count). The van der Waals surface area contributed by atoms with Crippen molar-refractivity contribution < 1.29 is 17.6 Å². The molecule has 190 valence electrons. The molecule has 1 saturated heterocycles. The Bertz CT molecular complexity index is 1300. The summed E-state index contributed by atoms with van der Waals surface area (Å²) in [4.78, 5) is 16.8. The number of benzene rings is 3. The number of nitrogens with zero attached hydrogens (tertiary/aromatic N) is 3. The van der Waals surface area contributed by atoms with Gasteiger partial charge in [-0.15, -0.1) is 0 Å². The lowest BCUT2D eigenvalue weighted by molar-refractivity contribution is -0.131. The molecule has 0 aromatic heterocycles. The average molecular weight is 550 g/mol. The van der Waals surface area contributed by atoms with Crippen molar-refractivity contribution in [1.82, 2.24) is 9.21 Å². The van der Waals surface area contributed by atoms with Crippen LogP contribution < -0.4 is 4.90 Å². The maximum absolute atomic E-state index is 13.6. The SMILES string of the molecule is O=C(CN(CCc1ccccc1)S(=O)(=O)c1cc(Cl)ccc1Cl)N1CCN(c2ccc(F)cc2)CC1. The van der Waals surface area contributed by atoms with Gasteiger partial charge in [-0.05, 0) is 54.4 Å². The highest BCUT2D eigenvalue weighted by Gasteiger charge is 2.31. The Morgan fingerprint density at radius 2 is 1.58 bits per heavy atom. The van der Waals surface area contributed by atoms with Gasteiger partial charge in [0.25, 0.3) is 0 Å². The third kappa shape index (κ3) is 6.37. The zero-order valence-corrected chi connectivity index (χ0v) is 21.8. The quantitative estimate of drug-likeness (QED) is 0.408. The minimum atomic E-state index is -4.09. The first kappa shape index (κ1) is 26.4. The number of anilines is 1. The Hall–Kier alpha value is -2.65. The molecule has 0 saturated carbocycles. The van der Waals surface area contributed by atoms with Crippen molar-refractivity contribution in [2.24, 2.45) is 0 Å². The second kappa shape index (κ2) is 11.6. The molecule has 1 aliphatic heterocycles. The summed E-state index contributed by atoms with van der Waals surface area (Å²) in [5, 5.41) is 0.286. The van der Waals surface area contributed by atoms with E-state index >= 15 is 0 Å². The maximum Gasteiger partial charge on any atom is 0.245 e. The number of hydrogen-bond donors (Lipinski definition) is 0. The summed E-state index contributed by atoms with van der Waals surface area (Å²) in [6, 6.07) is 20.0. The molecule has 1 aliphatic rings. The van der Waals surface area contributed by atoms with Crippen molar-refractivity contribution >= 4 is 44.8 Å². The van der Waals surface area contributed by atoms with Gasteiger partial charge in [-0.3, -0.25) is 4.79 Å². The zero-order chi connectivity index (χ0) is 25.7. The fourth-order valence-corrected chi connectivity index (χ4v) is 6.24. The topological polar surface area (TPSA) is 60.9 Å². The molecule has 3 aromatic carbocycles. The van der Waals surface area contributed by atoms with Crippen LogP contribution in [0, 0.1) is 5.82 Å². The average Bonchev–Trinajstić information content (AvgIpc) is 2.89. The van der Waals surface area contributed by atoms with Crippen molar-refractivity contribution in [3.8, 4) is 0 Å². The Labute approximate surface area is 220 Å². The van der Waals surface area contributed by atoms with Gasteiger partial charge in [-0.25, -0.2) is 12.8 Å². The standard InChI is InChI=1S/C26H26Cl2FN3O3S/c27-21-6-11-24(28)25(18-21)36(34,35)32(13-12-20-4-2-1-3-5-20)19-26(33)31-16-14-30(15-17-31)23-9-7-22(29)8-10-23/h1-11,18H,12-17,19H2. The summed E-state index contributed by atoms with van der Waals surface area (Å²) in [7, 11) is -4.09. The van der Waals surface area contributed by atoms with Crippen LogP contribution >= 0.6 is 23.2 Å². The molecule has 0 unspecified atom stereocenters. The molecule has 3 aromatic rings. The first-order chi connectivity index (χ1) is 17.2. The summed E-state index contributed by atoms with van der Waals surface area (Å²) < 4.78 is 41.6. The minimum absolute atomic E-state index is 0.0458. The van der Waals surface area contributed by atoms with E-state index in [1.165, 1.54) is 34.6 Å². The number of sulfonamides is 1. The largest absolute Gasteiger partial charge is 0.368 e. The minimum Gasteiger partial charge on any atom is -0.368 e. The molecule has 1 amide bonds. The molecular weight excluding hydrogens is 524 g/mol. The van der Waals surface area contributed by atoms with Gasteiger partial charge in [-0.2, -0.15) is 4.31 Å². The van der Waals surface area contributed by atoms with Crippen LogP contribution in [-0.2, 0) is 21.2 Å². The van der Waals surface area contributed by atoms with E-state index in [0.717, 1.165) is 11.3 Å². The Morgan fingerprint density at radius 3 is 2.25 bits per heavy atom. The smallest absolute Gasteiger partial charge is 0.245 e. The third-order valence-electron chi connectivity index (χ3n) is 6.14. The van der Waals surface area contributed by atoms with Gasteiger partial charge in [0.05, 0.1) is 11.6 Å². The molecule has 36 heavy (non-hydrogen) atoms. The molecule has 0 spiro atoms. The highest BCUT2D eigenvalue weighted by atomic mass is 35.5. The van der Waals surface area contributed by atoms with Crippen molar-refractivity contribution in [1.29, 1.82) is 0 Å². The highest BCUT2D eigenvalue weighted by Crippen LogP contribution is 2.28. The van der Waals surface area contributed by atoms with Gasteiger partial charge >= 0.3 is 0 Å². The van der Waals surface area contributed by atoms with Crippen LogP contribution in [0.2, 0.25) is 10.0 Å². The van der Waals surface area contributed by atoms with Crippen molar-refractivity contribution in [3.05, 3.63) is 94.2 Å². The molecule has 0 bridgehead atoms. The highest BCUT2D eigenvalue weighted by molar-refractivity contribution is 7.89. The number of hydrogen-bond acceptors (Lipinski definition) is 4. The van der Waals surface area contributed by atoms with E-state index in [2.05, 4.69) is 4.90 Å². The van der Waals surface area contributed by atoms with Crippen LogP contribution in [0.3, 0.4) is 0 Å². The molecule has 0 radical (unpaired) electrons. The molecule has 0 atom stereocenters. The fraction of sp³-hybridized carbons (Fsp3) is 0.269. The molecule has 10 heteroatoms. The molecule has 1 fully saturated rings. The number of piperazine rings is 1. The fourth-order valence-electron chi connectivity index (χ4n) is 4.11. The van der Waals surface area contributed by atoms with Crippen LogP contribution in [-0.4, -0.2) is 62.8 Å².